The largest absolute Gasteiger partial charge is 0.279 e. The van der Waals surface area contributed by atoms with Gasteiger partial charge in [-0.05, 0) is 32.6 Å². The Morgan fingerprint density at radius 2 is 2.00 bits per heavy atom. The van der Waals surface area contributed by atoms with Crippen LogP contribution in [0.4, 0.5) is 0 Å². The quantitative estimate of drug-likeness (QED) is 0.749. The summed E-state index contributed by atoms with van der Waals surface area (Å²) in [7, 11) is -1.73. The second-order valence-electron chi connectivity index (χ2n) is 4.40. The van der Waals surface area contributed by atoms with Gasteiger partial charge in [0.1, 0.15) is 0 Å². The molecule has 1 aliphatic carbocycles. The van der Waals surface area contributed by atoms with Gasteiger partial charge < -0.3 is 0 Å². The lowest BCUT2D eigenvalue weighted by Crippen LogP contribution is -2.45. The SMILES string of the molecule is CC(C)N(C)S(=O)(=O)NCC1CC(Cl)C1. The molecular weight excluding hydrogens is 236 g/mol. The zero-order chi connectivity index (χ0) is 11.6. The van der Waals surface area contributed by atoms with Crippen LogP contribution in [0.25, 0.3) is 0 Å². The van der Waals surface area contributed by atoms with Crippen LogP contribution in [-0.4, -0.2) is 37.7 Å². The monoisotopic (exact) mass is 254 g/mol. The van der Waals surface area contributed by atoms with Gasteiger partial charge in [-0.3, -0.25) is 0 Å². The number of alkyl halides is 1. The van der Waals surface area contributed by atoms with Crippen LogP contribution < -0.4 is 4.72 Å². The zero-order valence-corrected chi connectivity index (χ0v) is 11.0. The van der Waals surface area contributed by atoms with Crippen molar-refractivity contribution in [3.63, 3.8) is 0 Å². The summed E-state index contributed by atoms with van der Waals surface area (Å²) in [5, 5.41) is 0.238. The summed E-state index contributed by atoms with van der Waals surface area (Å²) in [4.78, 5) is 0. The van der Waals surface area contributed by atoms with E-state index in [2.05, 4.69) is 4.72 Å². The Hall–Kier alpha value is 0.160. The fourth-order valence-electron chi connectivity index (χ4n) is 1.42. The summed E-state index contributed by atoms with van der Waals surface area (Å²) in [6.07, 6.45) is 1.82. The molecule has 0 atom stereocenters. The molecule has 90 valence electrons. The first-order valence-electron chi connectivity index (χ1n) is 5.19. The highest BCUT2D eigenvalue weighted by molar-refractivity contribution is 7.87. The number of nitrogens with zero attached hydrogens (tertiary/aromatic N) is 1. The highest BCUT2D eigenvalue weighted by Gasteiger charge is 2.29. The maximum atomic E-state index is 11.7. The van der Waals surface area contributed by atoms with Crippen molar-refractivity contribution < 1.29 is 8.42 Å². The van der Waals surface area contributed by atoms with Crippen LogP contribution in [0.1, 0.15) is 26.7 Å². The second-order valence-corrected chi connectivity index (χ2v) is 6.83. The molecule has 0 saturated heterocycles. The Balaban J connectivity index is 2.37. The molecule has 0 aromatic carbocycles. The van der Waals surface area contributed by atoms with E-state index in [4.69, 9.17) is 11.6 Å². The number of rotatable bonds is 5. The van der Waals surface area contributed by atoms with E-state index in [0.29, 0.717) is 12.5 Å². The smallest absolute Gasteiger partial charge is 0.202 e. The van der Waals surface area contributed by atoms with Gasteiger partial charge in [0.15, 0.2) is 0 Å². The summed E-state index contributed by atoms with van der Waals surface area (Å²) in [6, 6.07) is -0.0235. The Morgan fingerprint density at radius 3 is 2.40 bits per heavy atom. The molecule has 15 heavy (non-hydrogen) atoms. The summed E-state index contributed by atoms with van der Waals surface area (Å²) >= 11 is 5.82. The van der Waals surface area contributed by atoms with Gasteiger partial charge in [-0.25, -0.2) is 4.72 Å². The van der Waals surface area contributed by atoms with Crippen LogP contribution in [0.5, 0.6) is 0 Å². The predicted molar refractivity (Wildman–Crippen MR) is 62.2 cm³/mol. The second kappa shape index (κ2) is 4.99. The summed E-state index contributed by atoms with van der Waals surface area (Å²) in [6.45, 7) is 4.19. The van der Waals surface area contributed by atoms with Crippen LogP contribution in [0.2, 0.25) is 0 Å². The Labute approximate surface area is 97.2 Å². The van der Waals surface area contributed by atoms with Crippen molar-refractivity contribution >= 4 is 21.8 Å². The first-order chi connectivity index (χ1) is 6.83. The van der Waals surface area contributed by atoms with Gasteiger partial charge in [-0.2, -0.15) is 12.7 Å². The number of hydrogen-bond acceptors (Lipinski definition) is 2. The average molecular weight is 255 g/mol. The van der Waals surface area contributed by atoms with Crippen molar-refractivity contribution in [2.45, 2.75) is 38.1 Å². The van der Waals surface area contributed by atoms with Crippen molar-refractivity contribution in [1.29, 1.82) is 0 Å². The normalized spacial score (nSPS) is 27.1. The lowest BCUT2D eigenvalue weighted by atomic mass is 9.85. The minimum Gasteiger partial charge on any atom is -0.202 e. The Bertz CT molecular complexity index is 299. The first-order valence-corrected chi connectivity index (χ1v) is 7.07. The molecule has 0 aliphatic heterocycles. The molecule has 0 radical (unpaired) electrons. The third-order valence-electron chi connectivity index (χ3n) is 2.84. The number of nitrogens with one attached hydrogen (secondary N) is 1. The summed E-state index contributed by atoms with van der Waals surface area (Å²) < 4.78 is 27.3. The van der Waals surface area contributed by atoms with Crippen LogP contribution >= 0.6 is 11.6 Å². The highest BCUT2D eigenvalue weighted by Crippen LogP contribution is 2.31. The maximum Gasteiger partial charge on any atom is 0.279 e. The van der Waals surface area contributed by atoms with Gasteiger partial charge in [-0.1, -0.05) is 0 Å². The first kappa shape index (κ1) is 13.2. The molecule has 6 heteroatoms. The summed E-state index contributed by atoms with van der Waals surface area (Å²) in [5.41, 5.74) is 0. The van der Waals surface area contributed by atoms with Crippen molar-refractivity contribution in [3.8, 4) is 0 Å². The molecule has 0 unspecified atom stereocenters. The molecular formula is C9H19ClN2O2S. The lowest BCUT2D eigenvalue weighted by Gasteiger charge is -2.31. The Morgan fingerprint density at radius 1 is 1.47 bits per heavy atom. The minimum absolute atomic E-state index is 0.0235. The fourth-order valence-corrected chi connectivity index (χ4v) is 3.13. The predicted octanol–water partition coefficient (Wildman–Crippen LogP) is 1.18. The van der Waals surface area contributed by atoms with Crippen LogP contribution in [-0.2, 0) is 10.2 Å². The molecule has 1 aliphatic rings. The maximum absolute atomic E-state index is 11.7. The molecule has 0 aromatic rings. The molecule has 0 aromatic heterocycles. The molecule has 0 spiro atoms. The van der Waals surface area contributed by atoms with Gasteiger partial charge in [0, 0.05) is 25.0 Å². The zero-order valence-electron chi connectivity index (χ0n) is 9.40. The highest BCUT2D eigenvalue weighted by atomic mass is 35.5. The molecule has 1 N–H and O–H groups in total. The minimum atomic E-state index is -3.31. The van der Waals surface area contributed by atoms with Crippen molar-refractivity contribution in [2.75, 3.05) is 13.6 Å². The van der Waals surface area contributed by atoms with Gasteiger partial charge in [0.05, 0.1) is 0 Å². The average Bonchev–Trinajstić information content (AvgIpc) is 2.09. The van der Waals surface area contributed by atoms with Crippen LogP contribution in [0, 0.1) is 5.92 Å². The van der Waals surface area contributed by atoms with Gasteiger partial charge in [0.25, 0.3) is 10.2 Å². The molecule has 0 bridgehead atoms. The van der Waals surface area contributed by atoms with Crippen LogP contribution in [0.3, 0.4) is 0 Å². The van der Waals surface area contributed by atoms with Crippen molar-refractivity contribution in [2.24, 2.45) is 5.92 Å². The molecule has 0 amide bonds. The molecule has 0 heterocycles. The van der Waals surface area contributed by atoms with E-state index >= 15 is 0 Å². The lowest BCUT2D eigenvalue weighted by molar-refractivity contribution is 0.317. The van der Waals surface area contributed by atoms with E-state index in [0.717, 1.165) is 12.8 Å². The topological polar surface area (TPSA) is 49.4 Å². The van der Waals surface area contributed by atoms with E-state index in [9.17, 15) is 8.42 Å². The fraction of sp³-hybridized carbons (Fsp3) is 1.00. The molecule has 1 fully saturated rings. The molecule has 1 saturated carbocycles. The number of halogens is 1. The van der Waals surface area contributed by atoms with Crippen molar-refractivity contribution in [3.05, 3.63) is 0 Å². The van der Waals surface area contributed by atoms with E-state index in [1.807, 2.05) is 13.8 Å². The van der Waals surface area contributed by atoms with E-state index in [-0.39, 0.29) is 11.4 Å². The molecule has 1 rings (SSSR count). The third kappa shape index (κ3) is 3.59. The van der Waals surface area contributed by atoms with Gasteiger partial charge >= 0.3 is 0 Å². The van der Waals surface area contributed by atoms with Crippen molar-refractivity contribution in [1.82, 2.24) is 9.03 Å². The Kier molecular flexibility index (Phi) is 4.40. The van der Waals surface area contributed by atoms with Gasteiger partial charge in [0.2, 0.25) is 0 Å². The van der Waals surface area contributed by atoms with Gasteiger partial charge in [-0.15, -0.1) is 11.6 Å². The standard InChI is InChI=1S/C9H19ClN2O2S/c1-7(2)12(3)15(13,14)11-6-8-4-9(10)5-8/h7-9,11H,4-6H2,1-3H3. The van der Waals surface area contributed by atoms with E-state index < -0.39 is 10.2 Å². The van der Waals surface area contributed by atoms with Crippen LogP contribution in [0.15, 0.2) is 0 Å². The van der Waals surface area contributed by atoms with E-state index in [1.54, 1.807) is 7.05 Å². The molecule has 4 nitrogen and oxygen atoms in total. The summed E-state index contributed by atoms with van der Waals surface area (Å²) in [5.74, 6) is 0.405. The number of hydrogen-bond donors (Lipinski definition) is 1. The van der Waals surface area contributed by atoms with E-state index in [1.165, 1.54) is 4.31 Å². The third-order valence-corrected chi connectivity index (χ3v) is 4.91.